The molecule has 0 saturated carbocycles. The number of aromatic nitrogens is 2. The van der Waals surface area contributed by atoms with Crippen LogP contribution < -0.4 is 9.38 Å². The van der Waals surface area contributed by atoms with Crippen molar-refractivity contribution in [2.45, 2.75) is 12.5 Å². The predicted molar refractivity (Wildman–Crippen MR) is 72.5 cm³/mol. The summed E-state index contributed by atoms with van der Waals surface area (Å²) in [5.74, 6) is 0. The van der Waals surface area contributed by atoms with Crippen LogP contribution in [0.15, 0.2) is 12.3 Å². The molecule has 1 aliphatic rings. The summed E-state index contributed by atoms with van der Waals surface area (Å²) in [6.45, 7) is 3.92. The number of hydrogen-bond donors (Lipinski definition) is 0. The molecule has 1 fully saturated rings. The molecule has 1 saturated heterocycles. The van der Waals surface area contributed by atoms with Crippen LogP contribution in [0, 0.1) is 0 Å². The topological polar surface area (TPSA) is 41.5 Å². The van der Waals surface area contributed by atoms with E-state index < -0.39 is 0 Å². The average molecular weight is 310 g/mol. The molecule has 0 unspecified atom stereocenters. The second-order valence-corrected chi connectivity index (χ2v) is 5.60. The van der Waals surface area contributed by atoms with E-state index in [1.807, 2.05) is 6.20 Å². The molecule has 1 aliphatic heterocycles. The summed E-state index contributed by atoms with van der Waals surface area (Å²) in [5, 5.41) is 7.98. The predicted octanol–water partition coefficient (Wildman–Crippen LogP) is -0.573. The summed E-state index contributed by atoms with van der Waals surface area (Å²) >= 11 is 2.44. The van der Waals surface area contributed by atoms with Crippen LogP contribution in [-0.4, -0.2) is 78.4 Å². The number of anilines is 1. The fraction of sp³-hybridized carbons (Fsp3) is 0.667. The standard InChI is InChI=1S/C12H19AsN4O/c1-16(5-6-18-2)10-3-4-17(9-10)11-7-12(13)15-14-8-11/h7-8,10H,3-6,9H2,1-2H3/t10-/m0/s1. The fourth-order valence-corrected chi connectivity index (χ4v) is 2.66. The number of hydrogen-bond acceptors (Lipinski definition) is 5. The summed E-state index contributed by atoms with van der Waals surface area (Å²) in [5.41, 5.74) is 1.17. The van der Waals surface area contributed by atoms with Crippen LogP contribution in [-0.2, 0) is 4.74 Å². The molecular weight excluding hydrogens is 291 g/mol. The number of nitrogens with zero attached hydrogens (tertiary/aromatic N) is 4. The third-order valence-corrected chi connectivity index (χ3v) is 3.89. The summed E-state index contributed by atoms with van der Waals surface area (Å²) in [4.78, 5) is 4.75. The van der Waals surface area contributed by atoms with Gasteiger partial charge in [-0.15, -0.1) is 0 Å². The molecule has 6 heteroatoms. The Morgan fingerprint density at radius 2 is 2.44 bits per heavy atom. The summed E-state index contributed by atoms with van der Waals surface area (Å²) in [6.07, 6.45) is 3.03. The van der Waals surface area contributed by atoms with Crippen molar-refractivity contribution in [3.05, 3.63) is 12.3 Å². The quantitative estimate of drug-likeness (QED) is 0.681. The van der Waals surface area contributed by atoms with E-state index in [1.165, 1.54) is 12.1 Å². The molecule has 1 aromatic heterocycles. The molecule has 0 N–H and O–H groups in total. The Kier molecular flexibility index (Phi) is 4.98. The van der Waals surface area contributed by atoms with Gasteiger partial charge in [0.15, 0.2) is 0 Å². The Labute approximate surface area is 117 Å². The first kappa shape index (κ1) is 13.8. The maximum atomic E-state index is 5.12. The van der Waals surface area contributed by atoms with Crippen molar-refractivity contribution >= 4 is 27.0 Å². The van der Waals surface area contributed by atoms with E-state index in [1.54, 1.807) is 7.11 Å². The third kappa shape index (κ3) is 3.44. The van der Waals surface area contributed by atoms with Gasteiger partial charge in [0, 0.05) is 0 Å². The molecule has 2 heterocycles. The van der Waals surface area contributed by atoms with E-state index in [0.717, 1.165) is 30.7 Å². The Morgan fingerprint density at radius 3 is 3.17 bits per heavy atom. The SMILES string of the molecule is COCCN(C)[C@H]1CCN(c2cnnc([As])c2)C1. The average Bonchev–Trinajstić information content (AvgIpc) is 2.85. The van der Waals surface area contributed by atoms with Crippen LogP contribution in [0.25, 0.3) is 0 Å². The van der Waals surface area contributed by atoms with Crippen LogP contribution in [0.1, 0.15) is 6.42 Å². The Morgan fingerprint density at radius 1 is 1.61 bits per heavy atom. The van der Waals surface area contributed by atoms with Crippen LogP contribution in [0.4, 0.5) is 5.69 Å². The zero-order valence-electron chi connectivity index (χ0n) is 10.9. The molecule has 1 aromatic rings. The van der Waals surface area contributed by atoms with Crippen molar-refractivity contribution in [2.24, 2.45) is 0 Å². The second-order valence-electron chi connectivity index (χ2n) is 4.63. The number of rotatable bonds is 5. The van der Waals surface area contributed by atoms with Crippen LogP contribution in [0.3, 0.4) is 0 Å². The molecule has 1 atom stereocenters. The minimum absolute atomic E-state index is 0.600. The van der Waals surface area contributed by atoms with E-state index in [-0.39, 0.29) is 0 Å². The van der Waals surface area contributed by atoms with Crippen LogP contribution in [0.5, 0.6) is 0 Å². The second kappa shape index (κ2) is 6.50. The molecule has 0 aromatic carbocycles. The van der Waals surface area contributed by atoms with Gasteiger partial charge in [-0.25, -0.2) is 0 Å². The molecule has 0 amide bonds. The summed E-state index contributed by atoms with van der Waals surface area (Å²) < 4.78 is 6.04. The number of methoxy groups -OCH3 is 1. The molecule has 2 radical (unpaired) electrons. The molecule has 0 aliphatic carbocycles. The molecule has 98 valence electrons. The summed E-state index contributed by atoms with van der Waals surface area (Å²) in [7, 11) is 3.92. The van der Waals surface area contributed by atoms with Crippen molar-refractivity contribution in [2.75, 3.05) is 45.3 Å². The summed E-state index contributed by atoms with van der Waals surface area (Å²) in [6, 6.07) is 2.67. The van der Waals surface area contributed by atoms with E-state index in [4.69, 9.17) is 4.74 Å². The molecule has 18 heavy (non-hydrogen) atoms. The van der Waals surface area contributed by atoms with Crippen molar-refractivity contribution in [3.63, 3.8) is 0 Å². The third-order valence-electron chi connectivity index (χ3n) is 3.43. The van der Waals surface area contributed by atoms with Gasteiger partial charge in [-0.3, -0.25) is 0 Å². The van der Waals surface area contributed by atoms with E-state index in [0.29, 0.717) is 6.04 Å². The monoisotopic (exact) mass is 310 g/mol. The molecule has 0 spiro atoms. The zero-order valence-corrected chi connectivity index (χ0v) is 12.8. The maximum absolute atomic E-state index is 5.12. The van der Waals surface area contributed by atoms with Crippen molar-refractivity contribution < 1.29 is 4.74 Å². The zero-order chi connectivity index (χ0) is 13.0. The van der Waals surface area contributed by atoms with Gasteiger partial charge in [0.1, 0.15) is 0 Å². The van der Waals surface area contributed by atoms with Gasteiger partial charge in [0.05, 0.1) is 0 Å². The number of ether oxygens (including phenoxy) is 1. The van der Waals surface area contributed by atoms with Gasteiger partial charge in [0.2, 0.25) is 0 Å². The molecular formula is C12H19AsN4O. The van der Waals surface area contributed by atoms with Crippen LogP contribution >= 0.6 is 0 Å². The first-order chi connectivity index (χ1) is 8.70. The molecule has 5 nitrogen and oxygen atoms in total. The Balaban J connectivity index is 1.92. The van der Waals surface area contributed by atoms with Gasteiger partial charge in [-0.2, -0.15) is 0 Å². The van der Waals surface area contributed by atoms with E-state index in [9.17, 15) is 0 Å². The van der Waals surface area contributed by atoms with Crippen molar-refractivity contribution in [3.8, 4) is 0 Å². The van der Waals surface area contributed by atoms with Gasteiger partial charge in [-0.05, 0) is 0 Å². The Bertz CT molecular complexity index is 390. The first-order valence-corrected chi connectivity index (χ1v) is 7.10. The van der Waals surface area contributed by atoms with E-state index in [2.05, 4.69) is 50.0 Å². The van der Waals surface area contributed by atoms with Crippen molar-refractivity contribution in [1.29, 1.82) is 0 Å². The number of likely N-dealkylation sites (N-methyl/N-ethyl adjacent to an activating group) is 1. The fourth-order valence-electron chi connectivity index (χ4n) is 2.27. The Hall–Kier alpha value is -0.642. The molecule has 2 rings (SSSR count). The van der Waals surface area contributed by atoms with Gasteiger partial charge >= 0.3 is 117 Å². The van der Waals surface area contributed by atoms with Gasteiger partial charge in [0.25, 0.3) is 0 Å². The molecule has 0 bridgehead atoms. The normalized spacial score (nSPS) is 19.8. The van der Waals surface area contributed by atoms with E-state index >= 15 is 0 Å². The van der Waals surface area contributed by atoms with Crippen molar-refractivity contribution in [1.82, 2.24) is 15.1 Å². The van der Waals surface area contributed by atoms with Gasteiger partial charge in [-0.1, -0.05) is 0 Å². The minimum atomic E-state index is 0.600. The first-order valence-electron chi connectivity index (χ1n) is 6.16. The van der Waals surface area contributed by atoms with Gasteiger partial charge < -0.3 is 0 Å². The van der Waals surface area contributed by atoms with Crippen LogP contribution in [0.2, 0.25) is 0 Å².